The van der Waals surface area contributed by atoms with E-state index >= 15 is 0 Å². The Kier molecular flexibility index (Phi) is 6.92. The number of hydrogen-bond acceptors (Lipinski definition) is 4. The Morgan fingerprint density at radius 1 is 1.32 bits per heavy atom. The van der Waals surface area contributed by atoms with Gasteiger partial charge in [0, 0.05) is 18.2 Å². The lowest BCUT2D eigenvalue weighted by molar-refractivity contribution is -0.123. The van der Waals surface area contributed by atoms with Crippen molar-refractivity contribution < 1.29 is 18.8 Å². The van der Waals surface area contributed by atoms with Crippen molar-refractivity contribution in [2.45, 2.75) is 32.4 Å². The number of likely N-dealkylation sites (N-methyl/N-ethyl adjacent to an activating group) is 1. The lowest BCUT2D eigenvalue weighted by Gasteiger charge is -2.31. The minimum absolute atomic E-state index is 0.0361. The van der Waals surface area contributed by atoms with Crippen LogP contribution in [0.4, 0.5) is 21.5 Å². The summed E-state index contributed by atoms with van der Waals surface area (Å²) in [6, 6.07) is 10.0. The second-order valence-corrected chi connectivity index (χ2v) is 8.00. The first-order chi connectivity index (χ1) is 14.7. The summed E-state index contributed by atoms with van der Waals surface area (Å²) in [5.74, 6) is -1.33. The number of rotatable bonds is 5. The van der Waals surface area contributed by atoms with Crippen molar-refractivity contribution in [3.05, 3.63) is 53.3 Å². The van der Waals surface area contributed by atoms with Crippen molar-refractivity contribution in [3.8, 4) is 0 Å². The molecule has 0 aromatic heterocycles. The third-order valence-electron chi connectivity index (χ3n) is 5.24. The summed E-state index contributed by atoms with van der Waals surface area (Å²) in [4.78, 5) is 41.1. The fraction of sp³-hybridized carbons (Fsp3) is 0.318. The van der Waals surface area contributed by atoms with E-state index in [1.807, 2.05) is 6.92 Å². The number of benzene rings is 2. The van der Waals surface area contributed by atoms with Gasteiger partial charge in [-0.3, -0.25) is 19.3 Å². The molecule has 0 radical (unpaired) electrons. The highest BCUT2D eigenvalue weighted by atomic mass is 35.5. The predicted octanol–water partition coefficient (Wildman–Crippen LogP) is 3.50. The van der Waals surface area contributed by atoms with Gasteiger partial charge in [0.1, 0.15) is 5.82 Å². The molecule has 31 heavy (non-hydrogen) atoms. The van der Waals surface area contributed by atoms with E-state index in [4.69, 9.17) is 11.6 Å². The van der Waals surface area contributed by atoms with Gasteiger partial charge in [-0.05, 0) is 51.2 Å². The van der Waals surface area contributed by atoms with Crippen molar-refractivity contribution in [1.29, 1.82) is 0 Å². The van der Waals surface area contributed by atoms with Crippen molar-refractivity contribution in [3.63, 3.8) is 0 Å². The maximum absolute atomic E-state index is 13.3. The van der Waals surface area contributed by atoms with Gasteiger partial charge in [0.2, 0.25) is 17.7 Å². The van der Waals surface area contributed by atoms with E-state index < -0.39 is 11.9 Å². The lowest BCUT2D eigenvalue weighted by atomic mass is 10.1. The Balaban J connectivity index is 1.70. The minimum Gasteiger partial charge on any atom is -0.325 e. The van der Waals surface area contributed by atoms with E-state index in [-0.39, 0.29) is 41.8 Å². The van der Waals surface area contributed by atoms with Gasteiger partial charge in [0.05, 0.1) is 29.0 Å². The Hall–Kier alpha value is -2.97. The number of carbonyl (C=O) groups excluding carboxylic acids is 3. The van der Waals surface area contributed by atoms with E-state index in [0.29, 0.717) is 17.1 Å². The molecule has 0 fully saturated rings. The average molecular weight is 447 g/mol. The molecule has 0 saturated carbocycles. The van der Waals surface area contributed by atoms with Crippen LogP contribution in [0.3, 0.4) is 0 Å². The molecule has 1 aliphatic heterocycles. The van der Waals surface area contributed by atoms with Crippen molar-refractivity contribution in [1.82, 2.24) is 4.90 Å². The molecule has 0 aliphatic carbocycles. The molecule has 0 saturated heterocycles. The van der Waals surface area contributed by atoms with Crippen LogP contribution in [0.2, 0.25) is 5.02 Å². The molecule has 9 heteroatoms. The summed E-state index contributed by atoms with van der Waals surface area (Å²) < 4.78 is 13.3. The molecule has 0 bridgehead atoms. The van der Waals surface area contributed by atoms with Crippen LogP contribution in [0, 0.1) is 5.82 Å². The maximum Gasteiger partial charge on any atom is 0.241 e. The largest absolute Gasteiger partial charge is 0.325 e. The standard InChI is InChI=1S/C22H24ClFN4O3/c1-13-10-20(29)26-18-6-4-5-7-19(18)28(13)21(30)12-27(3)14(2)22(31)25-15-8-9-17(24)16(23)11-15/h4-9,11,13-14H,10,12H2,1-3H3,(H,25,31)(H,26,29)/t13-,14+/m0/s1. The predicted molar refractivity (Wildman–Crippen MR) is 119 cm³/mol. The van der Waals surface area contributed by atoms with Crippen LogP contribution in [-0.2, 0) is 14.4 Å². The molecule has 0 spiro atoms. The molecule has 2 aromatic rings. The molecular formula is C22H24ClFN4O3. The zero-order chi connectivity index (χ0) is 22.7. The van der Waals surface area contributed by atoms with E-state index in [0.717, 1.165) is 0 Å². The summed E-state index contributed by atoms with van der Waals surface area (Å²) in [6.07, 6.45) is 0.172. The molecule has 2 aromatic carbocycles. The normalized spacial score (nSPS) is 16.9. The summed E-state index contributed by atoms with van der Waals surface area (Å²) in [7, 11) is 1.66. The molecule has 3 rings (SSSR count). The number of carbonyl (C=O) groups is 3. The van der Waals surface area contributed by atoms with Crippen LogP contribution < -0.4 is 15.5 Å². The molecule has 164 valence electrons. The highest BCUT2D eigenvalue weighted by molar-refractivity contribution is 6.31. The molecule has 2 atom stereocenters. The van der Waals surface area contributed by atoms with Gasteiger partial charge < -0.3 is 15.5 Å². The molecule has 2 N–H and O–H groups in total. The van der Waals surface area contributed by atoms with Gasteiger partial charge >= 0.3 is 0 Å². The number of para-hydroxylation sites is 2. The number of hydrogen-bond donors (Lipinski definition) is 2. The van der Waals surface area contributed by atoms with Crippen LogP contribution in [0.25, 0.3) is 0 Å². The zero-order valence-electron chi connectivity index (χ0n) is 17.5. The van der Waals surface area contributed by atoms with Gasteiger partial charge in [0.25, 0.3) is 0 Å². The zero-order valence-corrected chi connectivity index (χ0v) is 18.2. The summed E-state index contributed by atoms with van der Waals surface area (Å²) in [5.41, 5.74) is 1.56. The van der Waals surface area contributed by atoms with Gasteiger partial charge in [0.15, 0.2) is 0 Å². The Bertz CT molecular complexity index is 1020. The van der Waals surface area contributed by atoms with Gasteiger partial charge in [-0.2, -0.15) is 0 Å². The van der Waals surface area contributed by atoms with E-state index in [1.54, 1.807) is 48.0 Å². The fourth-order valence-electron chi connectivity index (χ4n) is 3.42. The van der Waals surface area contributed by atoms with Crippen LogP contribution in [0.5, 0.6) is 0 Å². The summed E-state index contributed by atoms with van der Waals surface area (Å²) >= 11 is 5.76. The van der Waals surface area contributed by atoms with Gasteiger partial charge in [-0.1, -0.05) is 23.7 Å². The van der Waals surface area contributed by atoms with Gasteiger partial charge in [-0.15, -0.1) is 0 Å². The number of halogens is 2. The van der Waals surface area contributed by atoms with Crippen molar-refractivity contribution in [2.75, 3.05) is 29.1 Å². The van der Waals surface area contributed by atoms with Crippen LogP contribution in [0.15, 0.2) is 42.5 Å². The average Bonchev–Trinajstić information content (AvgIpc) is 2.84. The fourth-order valence-corrected chi connectivity index (χ4v) is 3.60. The topological polar surface area (TPSA) is 81.8 Å². The SMILES string of the molecule is C[C@H](C(=O)Nc1ccc(F)c(Cl)c1)N(C)CC(=O)N1c2ccccc2NC(=O)C[C@@H]1C. The van der Waals surface area contributed by atoms with Gasteiger partial charge in [-0.25, -0.2) is 4.39 Å². The highest BCUT2D eigenvalue weighted by Crippen LogP contribution is 2.31. The number of amides is 3. The maximum atomic E-state index is 13.3. The number of nitrogens with zero attached hydrogens (tertiary/aromatic N) is 2. The quantitative estimate of drug-likeness (QED) is 0.736. The van der Waals surface area contributed by atoms with Crippen LogP contribution in [-0.4, -0.2) is 48.3 Å². The molecule has 0 unspecified atom stereocenters. The number of anilines is 3. The van der Waals surface area contributed by atoms with Crippen molar-refractivity contribution >= 4 is 46.4 Å². The first kappa shape index (κ1) is 22.7. The smallest absolute Gasteiger partial charge is 0.241 e. The number of fused-ring (bicyclic) bond motifs is 1. The first-order valence-electron chi connectivity index (χ1n) is 9.84. The molecular weight excluding hydrogens is 423 g/mol. The van der Waals surface area contributed by atoms with Crippen LogP contribution in [0.1, 0.15) is 20.3 Å². The number of nitrogens with one attached hydrogen (secondary N) is 2. The Morgan fingerprint density at radius 3 is 2.74 bits per heavy atom. The minimum atomic E-state index is -0.648. The molecule has 1 heterocycles. The highest BCUT2D eigenvalue weighted by Gasteiger charge is 2.31. The Morgan fingerprint density at radius 2 is 2.03 bits per heavy atom. The Labute approximate surface area is 185 Å². The third-order valence-corrected chi connectivity index (χ3v) is 5.53. The molecule has 3 amide bonds. The van der Waals surface area contributed by atoms with E-state index in [1.165, 1.54) is 18.2 Å². The summed E-state index contributed by atoms with van der Waals surface area (Å²) in [5, 5.41) is 5.40. The molecule has 1 aliphatic rings. The summed E-state index contributed by atoms with van der Waals surface area (Å²) in [6.45, 7) is 3.44. The first-order valence-corrected chi connectivity index (χ1v) is 10.2. The van der Waals surface area contributed by atoms with Crippen molar-refractivity contribution in [2.24, 2.45) is 0 Å². The van der Waals surface area contributed by atoms with Crippen LogP contribution >= 0.6 is 11.6 Å². The van der Waals surface area contributed by atoms with E-state index in [9.17, 15) is 18.8 Å². The molecule has 7 nitrogen and oxygen atoms in total. The second-order valence-electron chi connectivity index (χ2n) is 7.59. The second kappa shape index (κ2) is 9.45. The monoisotopic (exact) mass is 446 g/mol. The lowest BCUT2D eigenvalue weighted by Crippen LogP contribution is -2.48. The van der Waals surface area contributed by atoms with E-state index in [2.05, 4.69) is 10.6 Å². The third kappa shape index (κ3) is 5.21.